The largest absolute Gasteiger partial charge is 0.482 e. The molecule has 0 aliphatic rings. The second-order valence-electron chi connectivity index (χ2n) is 7.36. The summed E-state index contributed by atoms with van der Waals surface area (Å²) in [5.74, 6) is -0.201. The van der Waals surface area contributed by atoms with Crippen LogP contribution in [0.3, 0.4) is 0 Å². The molecule has 0 aliphatic heterocycles. The van der Waals surface area contributed by atoms with Gasteiger partial charge in [0.05, 0.1) is 5.02 Å². The van der Waals surface area contributed by atoms with Gasteiger partial charge in [-0.05, 0) is 55.7 Å². The average Bonchev–Trinajstić information content (AvgIpc) is 2.74. The first-order chi connectivity index (χ1) is 15.2. The Bertz CT molecular complexity index is 958. The highest BCUT2D eigenvalue weighted by Gasteiger charge is 2.30. The molecule has 0 aromatic heterocycles. The summed E-state index contributed by atoms with van der Waals surface area (Å²) in [6, 6.07) is 9.48. The minimum atomic E-state index is -0.688. The molecule has 0 spiro atoms. The van der Waals surface area contributed by atoms with Crippen molar-refractivity contribution < 1.29 is 14.3 Å². The molecule has 2 atom stereocenters. The molecular formula is C23H26BrCl3N2O3. The first kappa shape index (κ1) is 26.8. The first-order valence-corrected chi connectivity index (χ1v) is 12.2. The number of hydrogen-bond acceptors (Lipinski definition) is 3. The van der Waals surface area contributed by atoms with Gasteiger partial charge in [0.15, 0.2) is 6.61 Å². The van der Waals surface area contributed by atoms with Crippen molar-refractivity contribution in [1.29, 1.82) is 0 Å². The molecular weight excluding hydrogens is 539 g/mol. The SMILES string of the molecule is CC[C@H](C)NC(=O)[C@H](CC)N(Cc1ccc(Cl)cc1Cl)C(=O)COc1ccc(Br)cc1Cl. The Kier molecular flexibility index (Phi) is 10.6. The number of amides is 2. The predicted octanol–water partition coefficient (Wildman–Crippen LogP) is 6.51. The van der Waals surface area contributed by atoms with Gasteiger partial charge in [-0.1, -0.05) is 70.6 Å². The number of ether oxygens (including phenoxy) is 1. The van der Waals surface area contributed by atoms with Crippen LogP contribution < -0.4 is 10.1 Å². The van der Waals surface area contributed by atoms with E-state index < -0.39 is 6.04 Å². The molecule has 2 aromatic carbocycles. The molecule has 0 saturated carbocycles. The molecule has 0 unspecified atom stereocenters. The van der Waals surface area contributed by atoms with Crippen molar-refractivity contribution in [3.63, 3.8) is 0 Å². The second-order valence-corrected chi connectivity index (χ2v) is 9.53. The van der Waals surface area contributed by atoms with E-state index in [4.69, 9.17) is 39.5 Å². The van der Waals surface area contributed by atoms with Crippen LogP contribution in [0.4, 0.5) is 0 Å². The first-order valence-electron chi connectivity index (χ1n) is 10.3. The van der Waals surface area contributed by atoms with Crippen LogP contribution in [-0.2, 0) is 16.1 Å². The maximum Gasteiger partial charge on any atom is 0.261 e. The van der Waals surface area contributed by atoms with Gasteiger partial charge in [0.2, 0.25) is 5.91 Å². The Labute approximate surface area is 212 Å². The van der Waals surface area contributed by atoms with Crippen molar-refractivity contribution >= 4 is 62.5 Å². The van der Waals surface area contributed by atoms with E-state index >= 15 is 0 Å². The molecule has 0 radical (unpaired) electrons. The van der Waals surface area contributed by atoms with E-state index in [-0.39, 0.29) is 31.0 Å². The summed E-state index contributed by atoms with van der Waals surface area (Å²) in [6.45, 7) is 5.62. The quantitative estimate of drug-likeness (QED) is 0.358. The Hall–Kier alpha value is -1.47. The molecule has 174 valence electrons. The third kappa shape index (κ3) is 7.55. The predicted molar refractivity (Wildman–Crippen MR) is 134 cm³/mol. The number of rotatable bonds is 10. The van der Waals surface area contributed by atoms with Crippen molar-refractivity contribution in [1.82, 2.24) is 10.2 Å². The van der Waals surface area contributed by atoms with Gasteiger partial charge in [-0.25, -0.2) is 0 Å². The number of nitrogens with one attached hydrogen (secondary N) is 1. The number of benzene rings is 2. The van der Waals surface area contributed by atoms with Gasteiger partial charge < -0.3 is 15.0 Å². The van der Waals surface area contributed by atoms with E-state index in [0.717, 1.165) is 10.9 Å². The fraction of sp³-hybridized carbons (Fsp3) is 0.391. The normalized spacial score (nSPS) is 12.7. The highest BCUT2D eigenvalue weighted by atomic mass is 79.9. The lowest BCUT2D eigenvalue weighted by molar-refractivity contribution is -0.143. The third-order valence-corrected chi connectivity index (χ3v) is 6.36. The highest BCUT2D eigenvalue weighted by Crippen LogP contribution is 2.28. The Morgan fingerprint density at radius 3 is 2.38 bits per heavy atom. The molecule has 2 aromatic rings. The maximum atomic E-state index is 13.2. The van der Waals surface area contributed by atoms with Crippen molar-refractivity contribution in [2.75, 3.05) is 6.61 Å². The van der Waals surface area contributed by atoms with E-state index in [0.29, 0.717) is 32.8 Å². The zero-order valence-corrected chi connectivity index (χ0v) is 22.0. The molecule has 0 bridgehead atoms. The van der Waals surface area contributed by atoms with E-state index in [1.807, 2.05) is 20.8 Å². The number of halogens is 4. The summed E-state index contributed by atoms with van der Waals surface area (Å²) in [7, 11) is 0. The Balaban J connectivity index is 2.28. The second kappa shape index (κ2) is 12.7. The number of hydrogen-bond donors (Lipinski definition) is 1. The summed E-state index contributed by atoms with van der Waals surface area (Å²) in [6.07, 6.45) is 1.21. The van der Waals surface area contributed by atoms with Crippen molar-refractivity contribution in [3.8, 4) is 5.75 Å². The minimum absolute atomic E-state index is 0.00885. The zero-order valence-electron chi connectivity index (χ0n) is 18.1. The van der Waals surface area contributed by atoms with Crippen LogP contribution in [0.1, 0.15) is 39.2 Å². The van der Waals surface area contributed by atoms with Crippen LogP contribution in [0.25, 0.3) is 0 Å². The Morgan fingerprint density at radius 2 is 1.78 bits per heavy atom. The van der Waals surface area contributed by atoms with Crippen LogP contribution in [-0.4, -0.2) is 35.4 Å². The molecule has 2 amide bonds. The zero-order chi connectivity index (χ0) is 23.8. The lowest BCUT2D eigenvalue weighted by Gasteiger charge is -2.31. The van der Waals surface area contributed by atoms with Gasteiger partial charge >= 0.3 is 0 Å². The summed E-state index contributed by atoms with van der Waals surface area (Å²) < 4.78 is 6.47. The molecule has 0 aliphatic carbocycles. The third-order valence-electron chi connectivity index (χ3n) is 4.99. The van der Waals surface area contributed by atoms with Gasteiger partial charge in [-0.2, -0.15) is 0 Å². The lowest BCUT2D eigenvalue weighted by atomic mass is 10.1. The maximum absolute atomic E-state index is 13.2. The summed E-state index contributed by atoms with van der Waals surface area (Å²) >= 11 is 21.9. The molecule has 0 saturated heterocycles. The number of carbonyl (C=O) groups is 2. The molecule has 9 heteroatoms. The molecule has 5 nitrogen and oxygen atoms in total. The van der Waals surface area contributed by atoms with Crippen LogP contribution in [0.2, 0.25) is 15.1 Å². The molecule has 0 heterocycles. The number of nitrogens with zero attached hydrogens (tertiary/aromatic N) is 1. The molecule has 32 heavy (non-hydrogen) atoms. The van der Waals surface area contributed by atoms with Crippen molar-refractivity contribution in [2.24, 2.45) is 0 Å². The molecule has 2 rings (SSSR count). The summed E-state index contributed by atoms with van der Waals surface area (Å²) in [4.78, 5) is 27.7. The molecule has 0 fully saturated rings. The standard InChI is InChI=1S/C23H26BrCl3N2O3/c1-4-14(3)28-23(31)20(5-2)29(12-15-6-8-17(25)11-18(15)26)22(30)13-32-21-9-7-16(24)10-19(21)27/h6-11,14,20H,4-5,12-13H2,1-3H3,(H,28,31)/t14-,20-/m0/s1. The summed E-state index contributed by atoms with van der Waals surface area (Å²) in [5.41, 5.74) is 0.681. The van der Waals surface area contributed by atoms with Crippen LogP contribution in [0.15, 0.2) is 40.9 Å². The van der Waals surface area contributed by atoms with Crippen molar-refractivity contribution in [3.05, 3.63) is 61.5 Å². The van der Waals surface area contributed by atoms with E-state index in [2.05, 4.69) is 21.2 Å². The topological polar surface area (TPSA) is 58.6 Å². The van der Waals surface area contributed by atoms with Crippen LogP contribution in [0, 0.1) is 0 Å². The number of carbonyl (C=O) groups excluding carboxylic acids is 2. The Morgan fingerprint density at radius 1 is 1.06 bits per heavy atom. The van der Waals surface area contributed by atoms with Gasteiger partial charge in [0, 0.05) is 27.1 Å². The van der Waals surface area contributed by atoms with E-state index in [9.17, 15) is 9.59 Å². The van der Waals surface area contributed by atoms with Gasteiger partial charge in [-0.3, -0.25) is 9.59 Å². The fourth-order valence-electron chi connectivity index (χ4n) is 3.01. The van der Waals surface area contributed by atoms with Gasteiger partial charge in [0.1, 0.15) is 11.8 Å². The highest BCUT2D eigenvalue weighted by molar-refractivity contribution is 9.10. The van der Waals surface area contributed by atoms with Crippen LogP contribution >= 0.6 is 50.7 Å². The molecule has 1 N–H and O–H groups in total. The monoisotopic (exact) mass is 562 g/mol. The van der Waals surface area contributed by atoms with Gasteiger partial charge in [-0.15, -0.1) is 0 Å². The lowest BCUT2D eigenvalue weighted by Crippen LogP contribution is -2.51. The summed E-state index contributed by atoms with van der Waals surface area (Å²) in [5, 5.41) is 4.25. The van der Waals surface area contributed by atoms with Crippen molar-refractivity contribution in [2.45, 2.75) is 52.2 Å². The smallest absolute Gasteiger partial charge is 0.261 e. The fourth-order valence-corrected chi connectivity index (χ4v) is 4.20. The van der Waals surface area contributed by atoms with Gasteiger partial charge in [0.25, 0.3) is 5.91 Å². The van der Waals surface area contributed by atoms with E-state index in [1.54, 1.807) is 36.4 Å². The van der Waals surface area contributed by atoms with E-state index in [1.165, 1.54) is 4.90 Å². The minimum Gasteiger partial charge on any atom is -0.482 e. The average molecular weight is 565 g/mol. The van der Waals surface area contributed by atoms with Crippen LogP contribution in [0.5, 0.6) is 5.75 Å².